The van der Waals surface area contributed by atoms with E-state index >= 15 is 0 Å². The molecule has 2 N–H and O–H groups in total. The molecule has 2 aromatic carbocycles. The number of urea groups is 1. The van der Waals surface area contributed by atoms with Crippen molar-refractivity contribution in [3.05, 3.63) is 61.1 Å². The third-order valence-corrected chi connectivity index (χ3v) is 5.06. The summed E-state index contributed by atoms with van der Waals surface area (Å²) in [6, 6.07) is 15.7. The molecule has 0 spiro atoms. The monoisotopic (exact) mass is 435 g/mol. The maximum absolute atomic E-state index is 12.3. The Kier molecular flexibility index (Phi) is 8.54. The van der Waals surface area contributed by atoms with Gasteiger partial charge in [-0.15, -0.1) is 0 Å². The number of unbranched alkanes of at least 4 members (excludes halogenated alkanes) is 1. The van der Waals surface area contributed by atoms with Gasteiger partial charge < -0.3 is 24.8 Å². The number of aromatic nitrogens is 2. The second-order valence-corrected chi connectivity index (χ2v) is 7.84. The van der Waals surface area contributed by atoms with E-state index in [9.17, 15) is 4.79 Å². The summed E-state index contributed by atoms with van der Waals surface area (Å²) in [5, 5.41) is 5.86. The fraction of sp³-hybridized carbons (Fsp3) is 0.360. The minimum atomic E-state index is -0.218. The van der Waals surface area contributed by atoms with Crippen LogP contribution in [0.25, 0.3) is 11.3 Å². The van der Waals surface area contributed by atoms with Crippen molar-refractivity contribution in [2.24, 2.45) is 0 Å². The fourth-order valence-electron chi connectivity index (χ4n) is 3.34. The number of nitrogens with zero attached hydrogens (tertiary/aromatic N) is 3. The largest absolute Gasteiger partial charge is 0.491 e. The zero-order chi connectivity index (χ0) is 22.8. The molecule has 7 nitrogen and oxygen atoms in total. The number of imidazole rings is 1. The van der Waals surface area contributed by atoms with Crippen molar-refractivity contribution in [3.63, 3.8) is 0 Å². The van der Waals surface area contributed by atoms with Gasteiger partial charge in [-0.2, -0.15) is 0 Å². The van der Waals surface area contributed by atoms with E-state index in [0.717, 1.165) is 42.8 Å². The molecule has 170 valence electrons. The van der Waals surface area contributed by atoms with Crippen LogP contribution in [-0.4, -0.2) is 42.8 Å². The lowest BCUT2D eigenvalue weighted by Crippen LogP contribution is -2.30. The van der Waals surface area contributed by atoms with Gasteiger partial charge in [-0.25, -0.2) is 9.78 Å². The number of anilines is 2. The molecular weight excluding hydrogens is 402 g/mol. The second kappa shape index (κ2) is 11.8. The van der Waals surface area contributed by atoms with Crippen molar-refractivity contribution in [1.82, 2.24) is 14.9 Å². The number of rotatable bonds is 11. The van der Waals surface area contributed by atoms with Crippen molar-refractivity contribution >= 4 is 17.4 Å². The van der Waals surface area contributed by atoms with E-state index in [0.29, 0.717) is 24.6 Å². The van der Waals surface area contributed by atoms with Crippen molar-refractivity contribution in [1.29, 1.82) is 0 Å². The number of carbonyl (C=O) groups is 1. The first-order valence-corrected chi connectivity index (χ1v) is 11.1. The van der Waals surface area contributed by atoms with E-state index in [-0.39, 0.29) is 6.03 Å². The molecule has 3 rings (SSSR count). The standard InChI is InChI=1S/C25H33N5O2/c1-4-5-15-26-25(31)28-24-22(29(2)3)13-9-14-23(24)32-17-10-16-30-18-21(27-19-30)20-11-7-6-8-12-20/h6-9,11-14,18-19H,4-5,10,15-17H2,1-3H3,(H2,26,28,31). The van der Waals surface area contributed by atoms with Gasteiger partial charge in [0.25, 0.3) is 0 Å². The van der Waals surface area contributed by atoms with Gasteiger partial charge in [0.2, 0.25) is 0 Å². The average Bonchev–Trinajstić information content (AvgIpc) is 3.27. The van der Waals surface area contributed by atoms with E-state index in [1.165, 1.54) is 0 Å². The molecule has 2 amide bonds. The van der Waals surface area contributed by atoms with Crippen LogP contribution < -0.4 is 20.3 Å². The smallest absolute Gasteiger partial charge is 0.319 e. The normalized spacial score (nSPS) is 10.6. The number of aryl methyl sites for hydroxylation is 1. The Hall–Kier alpha value is -3.48. The number of hydrogen-bond donors (Lipinski definition) is 2. The lowest BCUT2D eigenvalue weighted by atomic mass is 10.2. The summed E-state index contributed by atoms with van der Waals surface area (Å²) in [6.45, 7) is 4.08. The summed E-state index contributed by atoms with van der Waals surface area (Å²) in [5.41, 5.74) is 3.65. The molecule has 0 atom stereocenters. The summed E-state index contributed by atoms with van der Waals surface area (Å²) in [6.07, 6.45) is 6.70. The summed E-state index contributed by atoms with van der Waals surface area (Å²) >= 11 is 0. The zero-order valence-electron chi connectivity index (χ0n) is 19.2. The first-order chi connectivity index (χ1) is 15.6. The predicted octanol–water partition coefficient (Wildman–Crippen LogP) is 5.01. The Labute approximate surface area is 190 Å². The third-order valence-electron chi connectivity index (χ3n) is 5.06. The van der Waals surface area contributed by atoms with Gasteiger partial charge in [-0.1, -0.05) is 49.7 Å². The van der Waals surface area contributed by atoms with E-state index in [1.54, 1.807) is 0 Å². The maximum atomic E-state index is 12.3. The maximum Gasteiger partial charge on any atom is 0.319 e. The number of amides is 2. The minimum Gasteiger partial charge on any atom is -0.491 e. The van der Waals surface area contributed by atoms with Crippen LogP contribution in [0.3, 0.4) is 0 Å². The highest BCUT2D eigenvalue weighted by atomic mass is 16.5. The molecule has 1 heterocycles. The average molecular weight is 436 g/mol. The van der Waals surface area contributed by atoms with Crippen LogP contribution in [0.1, 0.15) is 26.2 Å². The Morgan fingerprint density at radius 1 is 1.09 bits per heavy atom. The number of nitrogens with one attached hydrogen (secondary N) is 2. The fourth-order valence-corrected chi connectivity index (χ4v) is 3.34. The van der Waals surface area contributed by atoms with Crippen LogP contribution in [0.15, 0.2) is 61.1 Å². The first-order valence-electron chi connectivity index (χ1n) is 11.1. The SMILES string of the molecule is CCCCNC(=O)Nc1c(OCCCn2cnc(-c3ccccc3)c2)cccc1N(C)C. The van der Waals surface area contributed by atoms with Crippen molar-refractivity contribution in [2.75, 3.05) is 37.5 Å². The Morgan fingerprint density at radius 3 is 2.66 bits per heavy atom. The van der Waals surface area contributed by atoms with Gasteiger partial charge in [0.05, 0.1) is 24.3 Å². The molecule has 0 unspecified atom stereocenters. The third kappa shape index (κ3) is 6.51. The van der Waals surface area contributed by atoms with E-state index < -0.39 is 0 Å². The predicted molar refractivity (Wildman–Crippen MR) is 130 cm³/mol. The van der Waals surface area contributed by atoms with Gasteiger partial charge in [0.15, 0.2) is 0 Å². The van der Waals surface area contributed by atoms with E-state index in [1.807, 2.05) is 61.7 Å². The van der Waals surface area contributed by atoms with Crippen LogP contribution in [0.5, 0.6) is 5.75 Å². The zero-order valence-corrected chi connectivity index (χ0v) is 19.2. The van der Waals surface area contributed by atoms with Gasteiger partial charge >= 0.3 is 6.03 Å². The summed E-state index contributed by atoms with van der Waals surface area (Å²) < 4.78 is 8.14. The van der Waals surface area contributed by atoms with Crippen LogP contribution in [0, 0.1) is 0 Å². The molecule has 7 heteroatoms. The summed E-state index contributed by atoms with van der Waals surface area (Å²) in [7, 11) is 3.89. The molecule has 0 saturated heterocycles. The molecule has 0 bridgehead atoms. The second-order valence-electron chi connectivity index (χ2n) is 7.84. The molecule has 3 aromatic rings. The summed E-state index contributed by atoms with van der Waals surface area (Å²) in [5.74, 6) is 0.664. The Balaban J connectivity index is 1.58. The van der Waals surface area contributed by atoms with Gasteiger partial charge in [0.1, 0.15) is 11.4 Å². The van der Waals surface area contributed by atoms with Crippen molar-refractivity contribution in [2.45, 2.75) is 32.7 Å². The molecule has 0 fully saturated rings. The lowest BCUT2D eigenvalue weighted by Gasteiger charge is -2.21. The molecule has 0 saturated carbocycles. The topological polar surface area (TPSA) is 71.4 Å². The number of para-hydroxylation sites is 1. The molecular formula is C25H33N5O2. The Morgan fingerprint density at radius 2 is 1.91 bits per heavy atom. The van der Waals surface area contributed by atoms with Crippen LogP contribution >= 0.6 is 0 Å². The number of benzene rings is 2. The number of carbonyl (C=O) groups excluding carboxylic acids is 1. The molecule has 32 heavy (non-hydrogen) atoms. The minimum absolute atomic E-state index is 0.218. The number of ether oxygens (including phenoxy) is 1. The Bertz CT molecular complexity index is 985. The molecule has 0 aliphatic rings. The van der Waals surface area contributed by atoms with E-state index in [2.05, 4.69) is 45.4 Å². The van der Waals surface area contributed by atoms with Crippen molar-refractivity contribution in [3.8, 4) is 17.0 Å². The highest BCUT2D eigenvalue weighted by Crippen LogP contribution is 2.34. The molecule has 0 aliphatic carbocycles. The molecule has 1 aromatic heterocycles. The molecule has 0 radical (unpaired) electrons. The quantitative estimate of drug-likeness (QED) is 0.416. The highest BCUT2D eigenvalue weighted by Gasteiger charge is 2.14. The lowest BCUT2D eigenvalue weighted by molar-refractivity contribution is 0.251. The molecule has 0 aliphatic heterocycles. The van der Waals surface area contributed by atoms with Crippen molar-refractivity contribution < 1.29 is 9.53 Å². The van der Waals surface area contributed by atoms with Gasteiger partial charge in [-0.05, 0) is 25.0 Å². The number of hydrogen-bond acceptors (Lipinski definition) is 4. The highest BCUT2D eigenvalue weighted by molar-refractivity contribution is 5.95. The van der Waals surface area contributed by atoms with Gasteiger partial charge in [-0.3, -0.25) is 0 Å². The van der Waals surface area contributed by atoms with Gasteiger partial charge in [0, 0.05) is 38.9 Å². The first kappa shape index (κ1) is 23.2. The van der Waals surface area contributed by atoms with E-state index in [4.69, 9.17) is 4.74 Å². The summed E-state index contributed by atoms with van der Waals surface area (Å²) in [4.78, 5) is 18.8. The van der Waals surface area contributed by atoms with Crippen LogP contribution in [-0.2, 0) is 6.54 Å². The van der Waals surface area contributed by atoms with Crippen LogP contribution in [0.4, 0.5) is 16.2 Å². The van der Waals surface area contributed by atoms with Crippen LogP contribution in [0.2, 0.25) is 0 Å².